The van der Waals surface area contributed by atoms with Gasteiger partial charge in [-0.3, -0.25) is 0 Å². The molecule has 106 valence electrons. The Bertz CT molecular complexity index is 572. The topological polar surface area (TPSA) is 77.8 Å². The molecule has 0 amide bonds. The van der Waals surface area contributed by atoms with E-state index in [1.807, 2.05) is 23.5 Å². The lowest BCUT2D eigenvalue weighted by molar-refractivity contribution is 0.420. The number of rotatable bonds is 3. The monoisotopic (exact) mass is 308 g/mol. The summed E-state index contributed by atoms with van der Waals surface area (Å²) < 4.78 is 5.35. The minimum Gasteiger partial charge on any atom is -0.397 e. The van der Waals surface area contributed by atoms with E-state index in [1.165, 1.54) is 5.75 Å². The van der Waals surface area contributed by atoms with E-state index in [1.54, 1.807) is 18.3 Å². The fourth-order valence-electron chi connectivity index (χ4n) is 2.13. The predicted octanol–water partition coefficient (Wildman–Crippen LogP) is 3.01. The molecule has 2 atom stereocenters. The highest BCUT2D eigenvalue weighted by Crippen LogP contribution is 2.43. The van der Waals surface area contributed by atoms with E-state index >= 15 is 0 Å². The Hall–Kier alpha value is -1.21. The molecule has 1 aliphatic rings. The molecule has 5 nitrogen and oxygen atoms in total. The van der Waals surface area contributed by atoms with Gasteiger partial charge in [-0.25, -0.2) is 4.98 Å². The predicted molar refractivity (Wildman–Crippen MR) is 83.7 cm³/mol. The molecule has 20 heavy (non-hydrogen) atoms. The summed E-state index contributed by atoms with van der Waals surface area (Å²) in [6, 6.07) is 3.58. The molecule has 3 heterocycles. The van der Waals surface area contributed by atoms with Gasteiger partial charge in [0.2, 0.25) is 0 Å². The van der Waals surface area contributed by atoms with Crippen molar-refractivity contribution in [2.75, 3.05) is 17.2 Å². The Morgan fingerprint density at radius 3 is 2.95 bits per heavy atom. The molecule has 0 aliphatic carbocycles. The van der Waals surface area contributed by atoms with Crippen LogP contribution in [0.15, 0.2) is 22.9 Å². The summed E-state index contributed by atoms with van der Waals surface area (Å²) in [6.07, 6.45) is 2.71. The number of aromatic nitrogens is 3. The Kier molecular flexibility index (Phi) is 4.16. The molecule has 1 saturated heterocycles. The zero-order valence-corrected chi connectivity index (χ0v) is 12.8. The maximum Gasteiger partial charge on any atom is 0.276 e. The molecule has 2 aromatic heterocycles. The van der Waals surface area contributed by atoms with Crippen LogP contribution in [0.2, 0.25) is 0 Å². The molecule has 2 N–H and O–H groups in total. The average molecular weight is 308 g/mol. The third kappa shape index (κ3) is 2.78. The van der Waals surface area contributed by atoms with Crippen LogP contribution in [-0.2, 0) is 0 Å². The molecule has 2 aromatic rings. The normalized spacial score (nSPS) is 22.9. The van der Waals surface area contributed by atoms with Crippen LogP contribution in [0.3, 0.4) is 0 Å². The number of nitrogen functional groups attached to an aromatic ring is 1. The van der Waals surface area contributed by atoms with E-state index in [-0.39, 0.29) is 0 Å². The van der Waals surface area contributed by atoms with Crippen LogP contribution in [0.25, 0.3) is 11.6 Å². The van der Waals surface area contributed by atoms with Crippen molar-refractivity contribution in [1.29, 1.82) is 0 Å². The maximum absolute atomic E-state index is 5.63. The van der Waals surface area contributed by atoms with Gasteiger partial charge in [0.05, 0.1) is 17.1 Å². The number of nitrogens with two attached hydrogens (primary N) is 1. The highest BCUT2D eigenvalue weighted by Gasteiger charge is 2.30. The second-order valence-corrected chi connectivity index (χ2v) is 7.14. The number of thioether (sulfide) groups is 2. The van der Waals surface area contributed by atoms with E-state index in [2.05, 4.69) is 22.0 Å². The van der Waals surface area contributed by atoms with Crippen molar-refractivity contribution in [3.05, 3.63) is 24.2 Å². The minimum atomic E-state index is 0.310. The molecule has 0 aromatic carbocycles. The largest absolute Gasteiger partial charge is 0.397 e. The summed E-state index contributed by atoms with van der Waals surface area (Å²) in [5, 5.41) is 5.01. The average Bonchev–Trinajstić information content (AvgIpc) is 2.97. The van der Waals surface area contributed by atoms with Gasteiger partial charge in [0.1, 0.15) is 5.69 Å². The van der Waals surface area contributed by atoms with Gasteiger partial charge in [0, 0.05) is 16.8 Å². The number of hydrogen-bond acceptors (Lipinski definition) is 7. The molecular weight excluding hydrogens is 292 g/mol. The van der Waals surface area contributed by atoms with Crippen LogP contribution in [0.1, 0.15) is 24.4 Å². The second-order valence-electron chi connectivity index (χ2n) is 4.54. The third-order valence-electron chi connectivity index (χ3n) is 3.15. The van der Waals surface area contributed by atoms with Crippen molar-refractivity contribution < 1.29 is 4.52 Å². The van der Waals surface area contributed by atoms with Gasteiger partial charge in [0.15, 0.2) is 5.82 Å². The van der Waals surface area contributed by atoms with Crippen LogP contribution in [0.4, 0.5) is 5.69 Å². The molecule has 0 radical (unpaired) electrons. The summed E-state index contributed by atoms with van der Waals surface area (Å²) in [5.74, 6) is 3.58. The van der Waals surface area contributed by atoms with E-state index < -0.39 is 0 Å². The van der Waals surface area contributed by atoms with Gasteiger partial charge in [-0.2, -0.15) is 16.7 Å². The molecule has 1 aliphatic heterocycles. The van der Waals surface area contributed by atoms with Crippen molar-refractivity contribution in [3.8, 4) is 11.6 Å². The van der Waals surface area contributed by atoms with Crippen molar-refractivity contribution in [3.63, 3.8) is 0 Å². The summed E-state index contributed by atoms with van der Waals surface area (Å²) in [5.41, 5.74) is 6.92. The standard InChI is InChI=1S/C13H16N4OS2/c1-2-10-11(20-6-5-19-10)12-16-13(18-17-12)9-4-3-8(14)7-15-9/h3-4,7,10-11H,2,5-6,14H2,1H3. The first kappa shape index (κ1) is 13.8. The third-order valence-corrected chi connectivity index (χ3v) is 6.40. The maximum atomic E-state index is 5.63. The molecule has 2 unspecified atom stereocenters. The van der Waals surface area contributed by atoms with Gasteiger partial charge >= 0.3 is 0 Å². The lowest BCUT2D eigenvalue weighted by atomic mass is 10.2. The van der Waals surface area contributed by atoms with E-state index in [9.17, 15) is 0 Å². The van der Waals surface area contributed by atoms with Crippen LogP contribution in [0.5, 0.6) is 0 Å². The highest BCUT2D eigenvalue weighted by molar-refractivity contribution is 8.06. The number of anilines is 1. The van der Waals surface area contributed by atoms with Gasteiger partial charge in [0.25, 0.3) is 5.89 Å². The number of hydrogen-bond donors (Lipinski definition) is 1. The van der Waals surface area contributed by atoms with Crippen LogP contribution in [0, 0.1) is 0 Å². The Labute approximate surface area is 126 Å². The fraction of sp³-hybridized carbons (Fsp3) is 0.462. The second kappa shape index (κ2) is 6.05. The molecular formula is C13H16N4OS2. The molecule has 0 bridgehead atoms. The van der Waals surface area contributed by atoms with Crippen molar-refractivity contribution in [2.45, 2.75) is 23.8 Å². The van der Waals surface area contributed by atoms with E-state index in [4.69, 9.17) is 10.3 Å². The zero-order valence-electron chi connectivity index (χ0n) is 11.2. The number of nitrogens with zero attached hydrogens (tertiary/aromatic N) is 3. The summed E-state index contributed by atoms with van der Waals surface area (Å²) in [6.45, 7) is 2.21. The fourth-order valence-corrected chi connectivity index (χ4v) is 5.11. The summed E-state index contributed by atoms with van der Waals surface area (Å²) in [7, 11) is 0. The summed E-state index contributed by atoms with van der Waals surface area (Å²) in [4.78, 5) is 8.73. The first-order chi connectivity index (χ1) is 9.78. The van der Waals surface area contributed by atoms with Gasteiger partial charge in [-0.05, 0) is 18.6 Å². The Morgan fingerprint density at radius 2 is 2.20 bits per heavy atom. The zero-order chi connectivity index (χ0) is 13.9. The lowest BCUT2D eigenvalue weighted by Crippen LogP contribution is -2.19. The van der Waals surface area contributed by atoms with Crippen molar-refractivity contribution in [1.82, 2.24) is 15.1 Å². The molecule has 7 heteroatoms. The molecule has 0 spiro atoms. The highest BCUT2D eigenvalue weighted by atomic mass is 32.2. The quantitative estimate of drug-likeness (QED) is 0.933. The first-order valence-electron chi connectivity index (χ1n) is 6.56. The first-order valence-corrected chi connectivity index (χ1v) is 8.66. The minimum absolute atomic E-state index is 0.310. The Morgan fingerprint density at radius 1 is 1.35 bits per heavy atom. The number of pyridine rings is 1. The van der Waals surface area contributed by atoms with Crippen LogP contribution in [-0.4, -0.2) is 31.9 Å². The van der Waals surface area contributed by atoms with Gasteiger partial charge in [-0.1, -0.05) is 12.1 Å². The van der Waals surface area contributed by atoms with Gasteiger partial charge in [-0.15, -0.1) is 11.8 Å². The smallest absolute Gasteiger partial charge is 0.276 e. The summed E-state index contributed by atoms with van der Waals surface area (Å²) >= 11 is 3.91. The molecule has 0 saturated carbocycles. The lowest BCUT2D eigenvalue weighted by Gasteiger charge is -2.27. The van der Waals surface area contributed by atoms with Crippen molar-refractivity contribution >= 4 is 29.2 Å². The van der Waals surface area contributed by atoms with Gasteiger partial charge < -0.3 is 10.3 Å². The van der Waals surface area contributed by atoms with Crippen LogP contribution < -0.4 is 5.73 Å². The molecule has 3 rings (SSSR count). The van der Waals surface area contributed by atoms with E-state index in [0.29, 0.717) is 27.8 Å². The van der Waals surface area contributed by atoms with E-state index in [0.717, 1.165) is 18.0 Å². The molecule has 1 fully saturated rings. The SMILES string of the molecule is CCC1SCCSC1c1noc(-c2ccc(N)cn2)n1. The van der Waals surface area contributed by atoms with Crippen molar-refractivity contribution in [2.24, 2.45) is 0 Å². The van der Waals surface area contributed by atoms with Crippen LogP contribution >= 0.6 is 23.5 Å². The Balaban J connectivity index is 1.84.